The number of nitrogens with zero attached hydrogens (tertiary/aromatic N) is 3. The maximum atomic E-state index is 6.17. The molecule has 7 heteroatoms. The van der Waals surface area contributed by atoms with Crippen LogP contribution in [0, 0.1) is 0 Å². The van der Waals surface area contributed by atoms with Gasteiger partial charge in [0, 0.05) is 5.56 Å². The summed E-state index contributed by atoms with van der Waals surface area (Å²) in [5.74, 6) is -0.664. The highest BCUT2D eigenvalue weighted by molar-refractivity contribution is 5.42. The summed E-state index contributed by atoms with van der Waals surface area (Å²) < 4.78 is 25.9. The van der Waals surface area contributed by atoms with Gasteiger partial charge in [0.2, 0.25) is 0 Å². The van der Waals surface area contributed by atoms with Gasteiger partial charge in [0.1, 0.15) is 18.3 Å². The second kappa shape index (κ2) is 4.61. The van der Waals surface area contributed by atoms with Crippen molar-refractivity contribution in [1.82, 2.24) is 15.0 Å². The second-order valence-electron chi connectivity index (χ2n) is 6.50. The Balaban J connectivity index is 1.60. The summed E-state index contributed by atoms with van der Waals surface area (Å²) in [4.78, 5) is 0. The smallest absolute Gasteiger partial charge is 0.190 e. The van der Waals surface area contributed by atoms with Crippen LogP contribution >= 0.6 is 0 Å². The average molecular weight is 315 g/mol. The van der Waals surface area contributed by atoms with Gasteiger partial charge in [-0.25, -0.2) is 4.68 Å². The predicted molar refractivity (Wildman–Crippen MR) is 77.6 cm³/mol. The molecule has 0 aliphatic carbocycles. The highest BCUT2D eigenvalue weighted by Crippen LogP contribution is 2.45. The molecule has 2 saturated heterocycles. The molecule has 0 N–H and O–H groups in total. The number of para-hydroxylation sites is 1. The van der Waals surface area contributed by atoms with Crippen molar-refractivity contribution in [3.8, 4) is 5.69 Å². The Labute approximate surface area is 133 Å². The molecule has 1 aromatic carbocycles. The zero-order valence-electron chi connectivity index (χ0n) is 12.9. The fourth-order valence-corrected chi connectivity index (χ4v) is 3.55. The van der Waals surface area contributed by atoms with Gasteiger partial charge < -0.3 is 18.9 Å². The van der Waals surface area contributed by atoms with Gasteiger partial charge in [0.25, 0.3) is 0 Å². The molecule has 2 aromatic rings. The molecular formula is C16H17N3O4. The quantitative estimate of drug-likeness (QED) is 0.737. The Morgan fingerprint density at radius 1 is 1.17 bits per heavy atom. The van der Waals surface area contributed by atoms with Gasteiger partial charge >= 0.3 is 0 Å². The van der Waals surface area contributed by atoms with Gasteiger partial charge in [-0.1, -0.05) is 23.4 Å². The van der Waals surface area contributed by atoms with Gasteiger partial charge in [0.05, 0.1) is 24.2 Å². The predicted octanol–water partition coefficient (Wildman–Crippen LogP) is 1.71. The van der Waals surface area contributed by atoms with Crippen LogP contribution in [-0.2, 0) is 25.6 Å². The number of hydrogen-bond donors (Lipinski definition) is 0. The van der Waals surface area contributed by atoms with E-state index in [0.717, 1.165) is 16.9 Å². The fourth-order valence-electron chi connectivity index (χ4n) is 3.55. The summed E-state index contributed by atoms with van der Waals surface area (Å²) in [6.45, 7) is 4.23. The van der Waals surface area contributed by atoms with Crippen molar-refractivity contribution < 1.29 is 18.9 Å². The molecule has 2 fully saturated rings. The van der Waals surface area contributed by atoms with E-state index in [4.69, 9.17) is 18.9 Å². The highest BCUT2D eigenvalue weighted by Gasteiger charge is 2.57. The molecule has 0 unspecified atom stereocenters. The van der Waals surface area contributed by atoms with Crippen LogP contribution in [0.3, 0.4) is 0 Å². The Morgan fingerprint density at radius 2 is 2.04 bits per heavy atom. The zero-order valence-corrected chi connectivity index (χ0v) is 12.9. The molecule has 0 amide bonds. The molecule has 4 heterocycles. The molecule has 4 atom stereocenters. The molecular weight excluding hydrogens is 298 g/mol. The maximum Gasteiger partial charge on any atom is 0.190 e. The minimum Gasteiger partial charge on any atom is -0.367 e. The third-order valence-corrected chi connectivity index (χ3v) is 4.51. The molecule has 7 nitrogen and oxygen atoms in total. The van der Waals surface area contributed by atoms with Crippen molar-refractivity contribution in [1.29, 1.82) is 0 Å². The van der Waals surface area contributed by atoms with E-state index in [2.05, 4.69) is 10.3 Å². The lowest BCUT2D eigenvalue weighted by atomic mass is 10.1. The van der Waals surface area contributed by atoms with Crippen LogP contribution in [0.1, 0.15) is 31.2 Å². The first-order valence-corrected chi connectivity index (χ1v) is 7.74. The molecule has 0 spiro atoms. The second-order valence-corrected chi connectivity index (χ2v) is 6.50. The average Bonchev–Trinajstić information content (AvgIpc) is 3.16. The van der Waals surface area contributed by atoms with E-state index < -0.39 is 12.1 Å². The van der Waals surface area contributed by atoms with Crippen LogP contribution in [0.2, 0.25) is 0 Å². The van der Waals surface area contributed by atoms with Crippen LogP contribution in [0.25, 0.3) is 5.69 Å². The van der Waals surface area contributed by atoms with Crippen LogP contribution in [0.4, 0.5) is 0 Å². The lowest BCUT2D eigenvalue weighted by Crippen LogP contribution is -2.35. The van der Waals surface area contributed by atoms with Gasteiger partial charge in [-0.05, 0) is 19.9 Å². The first kappa shape index (κ1) is 13.6. The van der Waals surface area contributed by atoms with E-state index in [1.807, 2.05) is 42.8 Å². The number of rotatable bonds is 0. The molecule has 0 bridgehead atoms. The van der Waals surface area contributed by atoms with Crippen molar-refractivity contribution in [3.05, 3.63) is 41.7 Å². The van der Waals surface area contributed by atoms with Crippen LogP contribution < -0.4 is 0 Å². The van der Waals surface area contributed by atoms with Gasteiger partial charge in [0.15, 0.2) is 12.1 Å². The minimum absolute atomic E-state index is 0.257. The Bertz CT molecular complexity index is 759. The van der Waals surface area contributed by atoms with Crippen LogP contribution in [0.5, 0.6) is 0 Å². The first-order chi connectivity index (χ1) is 11.1. The van der Waals surface area contributed by atoms with E-state index in [1.54, 1.807) is 6.20 Å². The summed E-state index contributed by atoms with van der Waals surface area (Å²) in [6.07, 6.45) is 0.444. The van der Waals surface area contributed by atoms with Crippen molar-refractivity contribution in [2.24, 2.45) is 0 Å². The minimum atomic E-state index is -0.664. The van der Waals surface area contributed by atoms with Gasteiger partial charge in [-0.2, -0.15) is 0 Å². The first-order valence-electron chi connectivity index (χ1n) is 7.74. The molecule has 0 saturated carbocycles. The van der Waals surface area contributed by atoms with Crippen molar-refractivity contribution >= 4 is 0 Å². The number of benzene rings is 1. The Kier molecular flexibility index (Phi) is 2.73. The van der Waals surface area contributed by atoms with E-state index in [9.17, 15) is 0 Å². The fraction of sp³-hybridized carbons (Fsp3) is 0.500. The third-order valence-electron chi connectivity index (χ3n) is 4.51. The van der Waals surface area contributed by atoms with Crippen molar-refractivity contribution in [3.63, 3.8) is 0 Å². The van der Waals surface area contributed by atoms with Crippen molar-refractivity contribution in [2.75, 3.05) is 0 Å². The normalized spacial score (nSPS) is 34.0. The topological polar surface area (TPSA) is 67.6 Å². The summed E-state index contributed by atoms with van der Waals surface area (Å²) in [7, 11) is 0. The molecule has 0 radical (unpaired) electrons. The van der Waals surface area contributed by atoms with E-state index in [-0.39, 0.29) is 18.3 Å². The van der Waals surface area contributed by atoms with Gasteiger partial charge in [-0.3, -0.25) is 0 Å². The maximum absolute atomic E-state index is 6.17. The number of ether oxygens (including phenoxy) is 4. The number of aromatic nitrogens is 3. The lowest BCUT2D eigenvalue weighted by molar-refractivity contribution is -0.221. The Hall–Kier alpha value is -1.80. The van der Waals surface area contributed by atoms with Gasteiger partial charge in [-0.15, -0.1) is 5.10 Å². The molecule has 3 aliphatic heterocycles. The van der Waals surface area contributed by atoms with Crippen LogP contribution in [0.15, 0.2) is 30.5 Å². The summed E-state index contributed by atoms with van der Waals surface area (Å²) in [5.41, 5.74) is 2.86. The molecule has 120 valence electrons. The summed E-state index contributed by atoms with van der Waals surface area (Å²) in [6, 6.07) is 8.00. The molecule has 5 rings (SSSR count). The number of hydrogen-bond acceptors (Lipinski definition) is 6. The lowest BCUT2D eigenvalue weighted by Gasteiger charge is -2.28. The zero-order chi connectivity index (χ0) is 15.6. The summed E-state index contributed by atoms with van der Waals surface area (Å²) in [5, 5.41) is 8.30. The number of fused-ring (bicyclic) bond motifs is 7. The van der Waals surface area contributed by atoms with E-state index in [0.29, 0.717) is 6.61 Å². The van der Waals surface area contributed by atoms with Crippen LogP contribution in [-0.4, -0.2) is 39.3 Å². The molecule has 23 heavy (non-hydrogen) atoms. The largest absolute Gasteiger partial charge is 0.367 e. The monoisotopic (exact) mass is 315 g/mol. The third kappa shape index (κ3) is 1.98. The van der Waals surface area contributed by atoms with Crippen molar-refractivity contribution in [2.45, 2.75) is 50.8 Å². The standard InChI is InChI=1S/C16H17N3O4/c1-16(2)22-14-13-12(21-15(14)23-16)11-7-17-18-19(11)10-6-4-3-5-9(10)8-20-13/h3-7,12-15H,8H2,1-2H3/t12-,13-,14-,15-/m1/s1. The summed E-state index contributed by atoms with van der Waals surface area (Å²) >= 11 is 0. The van der Waals surface area contributed by atoms with E-state index >= 15 is 0 Å². The molecule has 3 aliphatic rings. The highest BCUT2D eigenvalue weighted by atomic mass is 16.8. The van der Waals surface area contributed by atoms with E-state index in [1.165, 1.54) is 0 Å². The Morgan fingerprint density at radius 3 is 2.96 bits per heavy atom. The molecule has 1 aromatic heterocycles. The SMILES string of the molecule is CC1(C)O[C@H]2O[C@@H]3c4cnnn4-c4ccccc4CO[C@H]3[C@H]2O1.